The molecule has 2 heterocycles. The van der Waals surface area contributed by atoms with Gasteiger partial charge in [-0.15, -0.1) is 0 Å². The van der Waals surface area contributed by atoms with Gasteiger partial charge in [0.15, 0.2) is 0 Å². The lowest BCUT2D eigenvalue weighted by molar-refractivity contribution is -0.124. The minimum Gasteiger partial charge on any atom is -0.352 e. The molecule has 0 bridgehead atoms. The average molecular weight is 367 g/mol. The fourth-order valence-corrected chi connectivity index (χ4v) is 3.03. The van der Waals surface area contributed by atoms with Crippen LogP contribution in [0.4, 0.5) is 13.6 Å². The Morgan fingerprint density at radius 1 is 1.23 bits per heavy atom. The van der Waals surface area contributed by atoms with E-state index in [9.17, 15) is 23.2 Å². The number of nitrogens with zero attached hydrogens (tertiary/aromatic N) is 1. The predicted octanol–water partition coefficient (Wildman–Crippen LogP) is -0.244. The highest BCUT2D eigenvalue weighted by molar-refractivity contribution is 6.00. The fraction of sp³-hybridized carbons (Fsp3) is 0.438. The van der Waals surface area contributed by atoms with E-state index in [-0.39, 0.29) is 30.6 Å². The first-order valence-electron chi connectivity index (χ1n) is 8.16. The minimum atomic E-state index is -0.716. The van der Waals surface area contributed by atoms with Crippen molar-refractivity contribution in [2.24, 2.45) is 0 Å². The van der Waals surface area contributed by atoms with E-state index in [2.05, 4.69) is 21.3 Å². The molecule has 3 unspecified atom stereocenters. The summed E-state index contributed by atoms with van der Waals surface area (Å²) < 4.78 is 27.1. The van der Waals surface area contributed by atoms with Gasteiger partial charge in [0, 0.05) is 25.6 Å². The van der Waals surface area contributed by atoms with E-state index in [1.54, 1.807) is 7.05 Å². The number of hydrogen-bond donors (Lipinski definition) is 4. The lowest BCUT2D eigenvalue weighted by atomic mass is 10.2. The number of nitrogens with one attached hydrogen (secondary N) is 4. The number of amides is 4. The summed E-state index contributed by atoms with van der Waals surface area (Å²) >= 11 is 0. The molecule has 0 aliphatic carbocycles. The summed E-state index contributed by atoms with van der Waals surface area (Å²) in [6.45, 7) is -0.242. The number of halogens is 2. The van der Waals surface area contributed by atoms with Gasteiger partial charge in [0.2, 0.25) is 11.8 Å². The van der Waals surface area contributed by atoms with Crippen molar-refractivity contribution in [2.75, 3.05) is 7.05 Å². The number of likely N-dealkylation sites (N-methyl/N-ethyl adjacent to an activating group) is 1. The molecular weight excluding hydrogens is 348 g/mol. The Bertz CT molecular complexity index is 724. The highest BCUT2D eigenvalue weighted by Gasteiger charge is 2.45. The van der Waals surface area contributed by atoms with Crippen molar-refractivity contribution < 1.29 is 23.2 Å². The Balaban J connectivity index is 1.48. The quantitative estimate of drug-likeness (QED) is 0.575. The molecule has 140 valence electrons. The van der Waals surface area contributed by atoms with Crippen molar-refractivity contribution in [2.45, 2.75) is 37.8 Å². The fourth-order valence-electron chi connectivity index (χ4n) is 3.03. The van der Waals surface area contributed by atoms with Crippen LogP contribution in [-0.4, -0.2) is 48.2 Å². The molecule has 4 amide bonds. The molecular formula is C16H19F2N5O3. The summed E-state index contributed by atoms with van der Waals surface area (Å²) in [7, 11) is 1.56. The summed E-state index contributed by atoms with van der Waals surface area (Å²) in [5, 5.41) is 10.8. The number of urea groups is 1. The number of imide groups is 1. The molecule has 2 fully saturated rings. The third kappa shape index (κ3) is 3.65. The Morgan fingerprint density at radius 3 is 2.62 bits per heavy atom. The molecule has 2 saturated heterocycles. The Morgan fingerprint density at radius 2 is 1.92 bits per heavy atom. The van der Waals surface area contributed by atoms with Crippen molar-refractivity contribution in [1.29, 1.82) is 0 Å². The zero-order valence-corrected chi connectivity index (χ0v) is 14.0. The van der Waals surface area contributed by atoms with Crippen LogP contribution in [0.15, 0.2) is 18.2 Å². The van der Waals surface area contributed by atoms with E-state index < -0.39 is 35.8 Å². The van der Waals surface area contributed by atoms with Crippen LogP contribution in [0.2, 0.25) is 0 Å². The summed E-state index contributed by atoms with van der Waals surface area (Å²) in [4.78, 5) is 36.7. The Labute approximate surface area is 148 Å². The molecule has 10 heteroatoms. The average Bonchev–Trinajstić information content (AvgIpc) is 3.03. The van der Waals surface area contributed by atoms with Crippen LogP contribution in [-0.2, 0) is 16.1 Å². The van der Waals surface area contributed by atoms with Crippen LogP contribution in [0.3, 0.4) is 0 Å². The third-order valence-electron chi connectivity index (χ3n) is 4.50. The molecule has 3 rings (SSSR count). The second-order valence-electron chi connectivity index (χ2n) is 6.23. The van der Waals surface area contributed by atoms with Crippen LogP contribution in [0.25, 0.3) is 0 Å². The van der Waals surface area contributed by atoms with Crippen molar-refractivity contribution in [3.05, 3.63) is 35.4 Å². The third-order valence-corrected chi connectivity index (χ3v) is 4.50. The van der Waals surface area contributed by atoms with Gasteiger partial charge in [-0.05, 0) is 18.6 Å². The molecule has 0 aromatic heterocycles. The number of carbonyl (C=O) groups is 3. The van der Waals surface area contributed by atoms with E-state index in [1.165, 1.54) is 11.0 Å². The standard InChI is InChI=1S/C16H19F2N5O3/c1-23-14-13(15(25)22-16(23)26)20-11(21-14)5-6-12(24)19-7-8-9(17)3-2-4-10(8)18/h2-4,11,13-14,20-21H,5-7H2,1H3,(H,19,24)(H,22,25,26). The van der Waals surface area contributed by atoms with E-state index in [1.807, 2.05) is 0 Å². The number of fused-ring (bicyclic) bond motifs is 1. The van der Waals surface area contributed by atoms with E-state index in [4.69, 9.17) is 0 Å². The molecule has 2 aliphatic rings. The summed E-state index contributed by atoms with van der Waals surface area (Å²) in [5.74, 6) is -2.23. The van der Waals surface area contributed by atoms with Gasteiger partial charge in [-0.3, -0.25) is 25.5 Å². The maximum Gasteiger partial charge on any atom is 0.325 e. The van der Waals surface area contributed by atoms with Crippen LogP contribution in [0, 0.1) is 11.6 Å². The van der Waals surface area contributed by atoms with Gasteiger partial charge >= 0.3 is 6.03 Å². The molecule has 1 aromatic rings. The SMILES string of the molecule is CN1C(=O)NC(=O)C2NC(CCC(=O)NCc3c(F)cccc3F)NC21. The zero-order chi connectivity index (χ0) is 18.8. The molecule has 0 saturated carbocycles. The summed E-state index contributed by atoms with van der Waals surface area (Å²) in [5.41, 5.74) is -0.194. The van der Waals surface area contributed by atoms with Gasteiger partial charge in [0.05, 0.1) is 6.17 Å². The van der Waals surface area contributed by atoms with Crippen LogP contribution in [0.5, 0.6) is 0 Å². The second-order valence-corrected chi connectivity index (χ2v) is 6.23. The van der Waals surface area contributed by atoms with Gasteiger partial charge in [-0.25, -0.2) is 13.6 Å². The molecule has 0 radical (unpaired) electrons. The second kappa shape index (κ2) is 7.34. The maximum atomic E-state index is 13.5. The molecule has 4 N–H and O–H groups in total. The highest BCUT2D eigenvalue weighted by atomic mass is 19.1. The lowest BCUT2D eigenvalue weighted by Gasteiger charge is -2.32. The molecule has 26 heavy (non-hydrogen) atoms. The maximum absolute atomic E-state index is 13.5. The number of carbonyl (C=O) groups excluding carboxylic acids is 3. The topological polar surface area (TPSA) is 103 Å². The van der Waals surface area contributed by atoms with Crippen molar-refractivity contribution in [1.82, 2.24) is 26.2 Å². The first-order valence-corrected chi connectivity index (χ1v) is 8.16. The number of rotatable bonds is 5. The van der Waals surface area contributed by atoms with E-state index >= 15 is 0 Å². The molecule has 3 atom stereocenters. The first kappa shape index (κ1) is 18.2. The highest BCUT2D eigenvalue weighted by Crippen LogP contribution is 2.16. The van der Waals surface area contributed by atoms with Crippen molar-refractivity contribution in [3.8, 4) is 0 Å². The molecule has 0 spiro atoms. The lowest BCUT2D eigenvalue weighted by Crippen LogP contribution is -2.64. The minimum absolute atomic E-state index is 0.0828. The van der Waals surface area contributed by atoms with Gasteiger partial charge < -0.3 is 10.2 Å². The predicted molar refractivity (Wildman–Crippen MR) is 86.4 cm³/mol. The van der Waals surface area contributed by atoms with Crippen molar-refractivity contribution in [3.63, 3.8) is 0 Å². The number of benzene rings is 1. The molecule has 8 nitrogen and oxygen atoms in total. The molecule has 1 aromatic carbocycles. The van der Waals surface area contributed by atoms with Gasteiger partial charge in [-0.1, -0.05) is 6.07 Å². The van der Waals surface area contributed by atoms with Crippen LogP contribution >= 0.6 is 0 Å². The van der Waals surface area contributed by atoms with E-state index in [0.29, 0.717) is 6.42 Å². The Hall–Kier alpha value is -2.59. The smallest absolute Gasteiger partial charge is 0.325 e. The first-order chi connectivity index (χ1) is 12.4. The van der Waals surface area contributed by atoms with Crippen molar-refractivity contribution >= 4 is 17.8 Å². The normalized spacial score (nSPS) is 25.0. The monoisotopic (exact) mass is 367 g/mol. The molecule has 2 aliphatic heterocycles. The zero-order valence-electron chi connectivity index (χ0n) is 14.0. The Kier molecular flexibility index (Phi) is 5.14. The summed E-state index contributed by atoms with van der Waals surface area (Å²) in [6, 6.07) is 2.42. The van der Waals surface area contributed by atoms with E-state index in [0.717, 1.165) is 12.1 Å². The van der Waals surface area contributed by atoms with Gasteiger partial charge in [0.25, 0.3) is 0 Å². The largest absolute Gasteiger partial charge is 0.352 e. The van der Waals surface area contributed by atoms with Crippen LogP contribution < -0.4 is 21.3 Å². The van der Waals surface area contributed by atoms with Gasteiger partial charge in [0.1, 0.15) is 23.8 Å². The van der Waals surface area contributed by atoms with Crippen LogP contribution in [0.1, 0.15) is 18.4 Å². The van der Waals surface area contributed by atoms with Gasteiger partial charge in [-0.2, -0.15) is 0 Å². The number of hydrogen-bond acceptors (Lipinski definition) is 5. The summed E-state index contributed by atoms with van der Waals surface area (Å²) in [6.07, 6.45) is -0.412.